The molecule has 1 aliphatic rings. The fourth-order valence-corrected chi connectivity index (χ4v) is 3.41. The second kappa shape index (κ2) is 7.42. The van der Waals surface area contributed by atoms with Crippen LogP contribution < -0.4 is 5.32 Å². The number of ether oxygens (including phenoxy) is 1. The molecule has 2 heterocycles. The molecule has 0 aliphatic carbocycles. The number of halogens is 1. The zero-order chi connectivity index (χ0) is 17.9. The van der Waals surface area contributed by atoms with Crippen LogP contribution in [0.2, 0.25) is 5.02 Å². The van der Waals surface area contributed by atoms with Gasteiger partial charge < -0.3 is 15.0 Å². The number of aromatic nitrogens is 1. The maximum Gasteiger partial charge on any atom is 0.267 e. The first-order valence-corrected chi connectivity index (χ1v) is 8.69. The Labute approximate surface area is 151 Å². The first-order valence-electron chi connectivity index (χ1n) is 8.31. The van der Waals surface area contributed by atoms with Crippen molar-refractivity contribution in [1.29, 1.82) is 0 Å². The molecule has 0 radical (unpaired) electrons. The number of carbonyl (C=O) groups is 2. The predicted molar refractivity (Wildman–Crippen MR) is 96.3 cm³/mol. The van der Waals surface area contributed by atoms with Crippen molar-refractivity contribution < 1.29 is 14.3 Å². The summed E-state index contributed by atoms with van der Waals surface area (Å²) >= 11 is 6.16. The van der Waals surface area contributed by atoms with Gasteiger partial charge in [0.2, 0.25) is 0 Å². The lowest BCUT2D eigenvalue weighted by Crippen LogP contribution is -2.44. The SMILES string of the molecule is CC(=O)c1c[nH]c(C(=O)NCC2(c3cccc(Cl)c3)CCOCC2)c1. The van der Waals surface area contributed by atoms with Gasteiger partial charge in [-0.15, -0.1) is 0 Å². The number of ketones is 1. The maximum absolute atomic E-state index is 12.5. The first kappa shape index (κ1) is 17.7. The lowest BCUT2D eigenvalue weighted by Gasteiger charge is -2.38. The Bertz CT molecular complexity index is 778. The molecular formula is C19H21ClN2O3. The minimum Gasteiger partial charge on any atom is -0.381 e. The normalized spacial score (nSPS) is 16.4. The molecule has 1 amide bonds. The van der Waals surface area contributed by atoms with Crippen molar-refractivity contribution in [3.05, 3.63) is 58.4 Å². The van der Waals surface area contributed by atoms with Gasteiger partial charge in [0.05, 0.1) is 0 Å². The van der Waals surface area contributed by atoms with Gasteiger partial charge in [-0.05, 0) is 43.5 Å². The molecule has 1 aromatic carbocycles. The smallest absolute Gasteiger partial charge is 0.267 e. The molecule has 1 aromatic heterocycles. The molecule has 1 aliphatic heterocycles. The fourth-order valence-electron chi connectivity index (χ4n) is 3.22. The van der Waals surface area contributed by atoms with E-state index in [-0.39, 0.29) is 17.1 Å². The molecule has 2 aromatic rings. The Morgan fingerprint density at radius 3 is 2.68 bits per heavy atom. The molecule has 25 heavy (non-hydrogen) atoms. The van der Waals surface area contributed by atoms with Gasteiger partial charge in [0, 0.05) is 42.0 Å². The van der Waals surface area contributed by atoms with Crippen molar-refractivity contribution in [3.8, 4) is 0 Å². The highest BCUT2D eigenvalue weighted by molar-refractivity contribution is 6.30. The summed E-state index contributed by atoms with van der Waals surface area (Å²) in [6.45, 7) is 3.27. The van der Waals surface area contributed by atoms with Crippen molar-refractivity contribution in [2.45, 2.75) is 25.2 Å². The molecule has 0 bridgehead atoms. The Balaban J connectivity index is 1.76. The van der Waals surface area contributed by atoms with Crippen LogP contribution in [0.3, 0.4) is 0 Å². The number of Topliss-reactive ketones (excluding diaryl/α,β-unsaturated/α-hetero) is 1. The van der Waals surface area contributed by atoms with Crippen LogP contribution in [0.5, 0.6) is 0 Å². The van der Waals surface area contributed by atoms with Gasteiger partial charge in [0.1, 0.15) is 5.69 Å². The summed E-state index contributed by atoms with van der Waals surface area (Å²) in [7, 11) is 0. The zero-order valence-electron chi connectivity index (χ0n) is 14.1. The monoisotopic (exact) mass is 360 g/mol. The first-order chi connectivity index (χ1) is 12.0. The van der Waals surface area contributed by atoms with Crippen LogP contribution in [-0.2, 0) is 10.2 Å². The van der Waals surface area contributed by atoms with Gasteiger partial charge in [0.25, 0.3) is 5.91 Å². The van der Waals surface area contributed by atoms with Gasteiger partial charge >= 0.3 is 0 Å². The maximum atomic E-state index is 12.5. The summed E-state index contributed by atoms with van der Waals surface area (Å²) in [5.74, 6) is -0.296. The molecule has 0 spiro atoms. The van der Waals surface area contributed by atoms with E-state index >= 15 is 0 Å². The highest BCUT2D eigenvalue weighted by Gasteiger charge is 2.35. The van der Waals surface area contributed by atoms with Crippen LogP contribution in [0.4, 0.5) is 0 Å². The van der Waals surface area contributed by atoms with Gasteiger partial charge in [-0.2, -0.15) is 0 Å². The third kappa shape index (κ3) is 3.94. The van der Waals surface area contributed by atoms with E-state index in [0.29, 0.717) is 36.0 Å². The van der Waals surface area contributed by atoms with E-state index in [2.05, 4.69) is 10.3 Å². The molecule has 132 valence electrons. The molecule has 0 unspecified atom stereocenters. The van der Waals surface area contributed by atoms with Gasteiger partial charge in [0.15, 0.2) is 5.78 Å². The standard InChI is InChI=1S/C19H21ClN2O3/c1-13(23)14-9-17(21-11-14)18(24)22-12-19(5-7-25-8-6-19)15-3-2-4-16(20)10-15/h2-4,9-11,21H,5-8,12H2,1H3,(H,22,24). The summed E-state index contributed by atoms with van der Waals surface area (Å²) < 4.78 is 5.51. The average molecular weight is 361 g/mol. The largest absolute Gasteiger partial charge is 0.381 e. The van der Waals surface area contributed by atoms with E-state index in [1.807, 2.05) is 24.3 Å². The molecule has 0 atom stereocenters. The summed E-state index contributed by atoms with van der Waals surface area (Å²) in [4.78, 5) is 26.7. The third-order valence-corrected chi connectivity index (χ3v) is 5.04. The molecule has 3 rings (SSSR count). The van der Waals surface area contributed by atoms with Crippen LogP contribution in [0.1, 0.15) is 46.2 Å². The topological polar surface area (TPSA) is 71.2 Å². The van der Waals surface area contributed by atoms with Crippen molar-refractivity contribution in [2.24, 2.45) is 0 Å². The molecule has 1 saturated heterocycles. The molecule has 1 fully saturated rings. The van der Waals surface area contributed by atoms with Crippen molar-refractivity contribution >= 4 is 23.3 Å². The second-order valence-electron chi connectivity index (χ2n) is 6.44. The summed E-state index contributed by atoms with van der Waals surface area (Å²) in [5.41, 5.74) is 1.80. The fraction of sp³-hybridized carbons (Fsp3) is 0.368. The van der Waals surface area contributed by atoms with Crippen molar-refractivity contribution in [3.63, 3.8) is 0 Å². The van der Waals surface area contributed by atoms with E-state index in [0.717, 1.165) is 18.4 Å². The van der Waals surface area contributed by atoms with E-state index in [1.165, 1.54) is 6.92 Å². The van der Waals surface area contributed by atoms with Gasteiger partial charge in [-0.25, -0.2) is 0 Å². The second-order valence-corrected chi connectivity index (χ2v) is 6.88. The minimum atomic E-state index is -0.222. The Morgan fingerprint density at radius 1 is 1.28 bits per heavy atom. The number of benzene rings is 1. The molecule has 0 saturated carbocycles. The van der Waals surface area contributed by atoms with Crippen LogP contribution in [0.15, 0.2) is 36.5 Å². The van der Waals surface area contributed by atoms with Crippen molar-refractivity contribution in [1.82, 2.24) is 10.3 Å². The summed E-state index contributed by atoms with van der Waals surface area (Å²) in [6, 6.07) is 9.36. The van der Waals surface area contributed by atoms with Crippen molar-refractivity contribution in [2.75, 3.05) is 19.8 Å². The average Bonchev–Trinajstić information content (AvgIpc) is 3.11. The predicted octanol–water partition coefficient (Wildman–Crippen LogP) is 3.35. The van der Waals surface area contributed by atoms with E-state index in [4.69, 9.17) is 16.3 Å². The van der Waals surface area contributed by atoms with E-state index < -0.39 is 0 Å². The molecular weight excluding hydrogens is 340 g/mol. The van der Waals surface area contributed by atoms with Crippen LogP contribution in [-0.4, -0.2) is 36.4 Å². The number of hydrogen-bond acceptors (Lipinski definition) is 3. The van der Waals surface area contributed by atoms with Gasteiger partial charge in [-0.1, -0.05) is 23.7 Å². The number of rotatable bonds is 5. The zero-order valence-corrected chi connectivity index (χ0v) is 14.9. The molecule has 6 heteroatoms. The summed E-state index contributed by atoms with van der Waals surface area (Å²) in [6.07, 6.45) is 3.19. The summed E-state index contributed by atoms with van der Waals surface area (Å²) in [5, 5.41) is 3.68. The Hall–Kier alpha value is -2.11. The van der Waals surface area contributed by atoms with Crippen LogP contribution in [0, 0.1) is 0 Å². The molecule has 2 N–H and O–H groups in total. The lowest BCUT2D eigenvalue weighted by molar-refractivity contribution is 0.0487. The van der Waals surface area contributed by atoms with Crippen LogP contribution in [0.25, 0.3) is 0 Å². The minimum absolute atomic E-state index is 0.0740. The Kier molecular flexibility index (Phi) is 5.25. The number of nitrogens with one attached hydrogen (secondary N) is 2. The number of aromatic amines is 1. The van der Waals surface area contributed by atoms with E-state index in [1.54, 1.807) is 12.3 Å². The number of hydrogen-bond donors (Lipinski definition) is 2. The van der Waals surface area contributed by atoms with Gasteiger partial charge in [-0.3, -0.25) is 9.59 Å². The lowest BCUT2D eigenvalue weighted by atomic mass is 9.74. The highest BCUT2D eigenvalue weighted by atomic mass is 35.5. The third-order valence-electron chi connectivity index (χ3n) is 4.81. The highest BCUT2D eigenvalue weighted by Crippen LogP contribution is 2.35. The number of H-pyrrole nitrogens is 1. The number of carbonyl (C=O) groups excluding carboxylic acids is 2. The quantitative estimate of drug-likeness (QED) is 0.803. The van der Waals surface area contributed by atoms with Crippen LogP contribution >= 0.6 is 11.6 Å². The molecule has 5 nitrogen and oxygen atoms in total. The number of amides is 1. The van der Waals surface area contributed by atoms with E-state index in [9.17, 15) is 9.59 Å². The Morgan fingerprint density at radius 2 is 2.04 bits per heavy atom.